The van der Waals surface area contributed by atoms with Crippen LogP contribution in [0.1, 0.15) is 44.5 Å². The molecule has 4 heterocycles. The van der Waals surface area contributed by atoms with E-state index in [9.17, 15) is 0 Å². The van der Waals surface area contributed by atoms with Gasteiger partial charge in [0.1, 0.15) is 5.82 Å². The van der Waals surface area contributed by atoms with E-state index in [1.54, 1.807) is 0 Å². The summed E-state index contributed by atoms with van der Waals surface area (Å²) in [5.74, 6) is 1.71. The van der Waals surface area contributed by atoms with Gasteiger partial charge in [-0.05, 0) is 57.9 Å². The third kappa shape index (κ3) is 4.07. The Morgan fingerprint density at radius 3 is 2.50 bits per heavy atom. The van der Waals surface area contributed by atoms with Crippen molar-refractivity contribution in [3.8, 4) is 11.3 Å². The Hall–Kier alpha value is -2.99. The summed E-state index contributed by atoms with van der Waals surface area (Å²) in [5, 5.41) is 3.52. The minimum Gasteiger partial charge on any atom is -0.364 e. The lowest BCUT2D eigenvalue weighted by atomic mass is 10.1. The summed E-state index contributed by atoms with van der Waals surface area (Å²) < 4.78 is 0. The van der Waals surface area contributed by atoms with Crippen LogP contribution in [0.25, 0.3) is 11.3 Å². The maximum Gasteiger partial charge on any atom is 0.226 e. The van der Waals surface area contributed by atoms with Gasteiger partial charge in [0.2, 0.25) is 5.95 Å². The van der Waals surface area contributed by atoms with Gasteiger partial charge in [-0.2, -0.15) is 0 Å². The zero-order valence-electron chi connectivity index (χ0n) is 19.4. The fraction of sp³-hybridized carbons (Fsp3) is 0.423. The molecule has 2 aromatic heterocycles. The van der Waals surface area contributed by atoms with Crippen molar-refractivity contribution in [1.82, 2.24) is 19.9 Å². The van der Waals surface area contributed by atoms with Crippen LogP contribution in [-0.2, 0) is 0 Å². The molecule has 2 unspecified atom stereocenters. The molecule has 5 rings (SSSR count). The van der Waals surface area contributed by atoms with Gasteiger partial charge in [0.25, 0.3) is 0 Å². The van der Waals surface area contributed by atoms with Crippen molar-refractivity contribution < 1.29 is 0 Å². The van der Waals surface area contributed by atoms with Crippen LogP contribution in [0.15, 0.2) is 54.7 Å². The van der Waals surface area contributed by atoms with Gasteiger partial charge in [-0.3, -0.25) is 4.90 Å². The highest BCUT2D eigenvalue weighted by Gasteiger charge is 2.45. The number of anilines is 2. The van der Waals surface area contributed by atoms with Crippen LogP contribution in [0.4, 0.5) is 11.8 Å². The minimum atomic E-state index is 0.172. The molecule has 3 aromatic rings. The number of piperazine rings is 1. The summed E-state index contributed by atoms with van der Waals surface area (Å²) in [6.07, 6.45) is 3.07. The quantitative estimate of drug-likeness (QED) is 0.615. The molecule has 1 N–H and O–H groups in total. The van der Waals surface area contributed by atoms with Crippen LogP contribution in [0.3, 0.4) is 0 Å². The van der Waals surface area contributed by atoms with E-state index in [1.165, 1.54) is 12.0 Å². The lowest BCUT2D eigenvalue weighted by molar-refractivity contribution is 0.190. The Kier molecular flexibility index (Phi) is 5.55. The van der Waals surface area contributed by atoms with Crippen LogP contribution >= 0.6 is 0 Å². The van der Waals surface area contributed by atoms with E-state index in [-0.39, 0.29) is 6.04 Å². The molecule has 6 heteroatoms. The standard InChI is InChI=1S/C26H32N6/c1-17(2)31-15-23-14-22(31)16-32(23)26-28-18(3)12-24(30-26)21-10-11-27-25(13-21)29-19(4)20-8-6-5-7-9-20/h5-13,17,19,22-23H,14-16H2,1-4H3,(H,27,29)/t19?,22?,23-/m0/s1. The van der Waals surface area contributed by atoms with Crippen molar-refractivity contribution in [1.29, 1.82) is 0 Å². The van der Waals surface area contributed by atoms with E-state index >= 15 is 0 Å². The summed E-state index contributed by atoms with van der Waals surface area (Å²) in [6, 6.07) is 18.5. The highest BCUT2D eigenvalue weighted by Crippen LogP contribution is 2.35. The summed E-state index contributed by atoms with van der Waals surface area (Å²) in [4.78, 5) is 19.4. The number of fused-ring (bicyclic) bond motifs is 2. The lowest BCUT2D eigenvalue weighted by Gasteiger charge is -2.36. The fourth-order valence-corrected chi connectivity index (χ4v) is 5.12. The summed E-state index contributed by atoms with van der Waals surface area (Å²) in [5.41, 5.74) is 4.24. The van der Waals surface area contributed by atoms with Crippen LogP contribution < -0.4 is 10.2 Å². The predicted molar refractivity (Wildman–Crippen MR) is 130 cm³/mol. The molecule has 2 bridgehead atoms. The smallest absolute Gasteiger partial charge is 0.226 e. The third-order valence-corrected chi connectivity index (χ3v) is 6.77. The number of pyridine rings is 1. The molecule has 0 spiro atoms. The second kappa shape index (κ2) is 8.51. The molecule has 0 amide bonds. The molecule has 2 aliphatic heterocycles. The number of nitrogens with zero attached hydrogens (tertiary/aromatic N) is 5. The van der Waals surface area contributed by atoms with Crippen molar-refractivity contribution in [3.05, 3.63) is 66.0 Å². The van der Waals surface area contributed by atoms with Gasteiger partial charge in [0, 0.05) is 54.7 Å². The average Bonchev–Trinajstić information content (AvgIpc) is 3.41. The van der Waals surface area contributed by atoms with Crippen molar-refractivity contribution in [2.45, 2.75) is 58.3 Å². The van der Waals surface area contributed by atoms with Gasteiger partial charge >= 0.3 is 0 Å². The van der Waals surface area contributed by atoms with Gasteiger partial charge in [-0.15, -0.1) is 0 Å². The topological polar surface area (TPSA) is 57.2 Å². The molecule has 0 saturated carbocycles. The van der Waals surface area contributed by atoms with Crippen LogP contribution in [-0.4, -0.2) is 51.1 Å². The zero-order chi connectivity index (χ0) is 22.2. The normalized spacial score (nSPS) is 21.3. The molecule has 3 atom stereocenters. The largest absolute Gasteiger partial charge is 0.364 e. The first-order chi connectivity index (χ1) is 15.5. The first-order valence-corrected chi connectivity index (χ1v) is 11.6. The zero-order valence-corrected chi connectivity index (χ0v) is 19.4. The molecule has 0 aliphatic carbocycles. The number of rotatable bonds is 6. The van der Waals surface area contributed by atoms with Gasteiger partial charge in [-0.1, -0.05) is 30.3 Å². The van der Waals surface area contributed by atoms with Crippen molar-refractivity contribution in [3.63, 3.8) is 0 Å². The monoisotopic (exact) mass is 428 g/mol. The number of likely N-dealkylation sites (tertiary alicyclic amines) is 1. The number of benzene rings is 1. The Bertz CT molecular complexity index is 1080. The maximum absolute atomic E-state index is 4.99. The number of hydrogen-bond donors (Lipinski definition) is 1. The molecular weight excluding hydrogens is 396 g/mol. The number of nitrogens with one attached hydrogen (secondary N) is 1. The Morgan fingerprint density at radius 2 is 1.78 bits per heavy atom. The highest BCUT2D eigenvalue weighted by atomic mass is 15.4. The Balaban J connectivity index is 1.37. The SMILES string of the molecule is Cc1cc(-c2ccnc(NC(C)c3ccccc3)c2)nc(N2CC3C[C@H]2CN3C(C)C)n1. The summed E-state index contributed by atoms with van der Waals surface area (Å²) in [7, 11) is 0. The molecule has 2 saturated heterocycles. The van der Waals surface area contributed by atoms with Crippen LogP contribution in [0, 0.1) is 6.92 Å². The molecular formula is C26H32N6. The molecule has 32 heavy (non-hydrogen) atoms. The van der Waals surface area contributed by atoms with Gasteiger partial charge < -0.3 is 10.2 Å². The minimum absolute atomic E-state index is 0.172. The Labute approximate surface area is 190 Å². The van der Waals surface area contributed by atoms with E-state index < -0.39 is 0 Å². The van der Waals surface area contributed by atoms with E-state index in [0.29, 0.717) is 18.1 Å². The average molecular weight is 429 g/mol. The summed E-state index contributed by atoms with van der Waals surface area (Å²) >= 11 is 0. The maximum atomic E-state index is 4.99. The van der Waals surface area contributed by atoms with Gasteiger partial charge in [0.05, 0.1) is 5.69 Å². The van der Waals surface area contributed by atoms with Crippen LogP contribution in [0.2, 0.25) is 0 Å². The molecule has 0 radical (unpaired) electrons. The molecule has 2 aliphatic rings. The predicted octanol–water partition coefficient (Wildman–Crippen LogP) is 4.69. The van der Waals surface area contributed by atoms with Gasteiger partial charge in [0.15, 0.2) is 0 Å². The fourth-order valence-electron chi connectivity index (χ4n) is 5.12. The van der Waals surface area contributed by atoms with Crippen LogP contribution in [0.5, 0.6) is 0 Å². The number of aryl methyl sites for hydroxylation is 1. The third-order valence-electron chi connectivity index (χ3n) is 6.77. The highest BCUT2D eigenvalue weighted by molar-refractivity contribution is 5.64. The molecule has 166 valence electrons. The molecule has 6 nitrogen and oxygen atoms in total. The van der Waals surface area contributed by atoms with E-state index in [2.05, 4.69) is 84.2 Å². The van der Waals surface area contributed by atoms with Gasteiger partial charge in [-0.25, -0.2) is 15.0 Å². The lowest BCUT2D eigenvalue weighted by Crippen LogP contribution is -2.49. The molecule has 1 aromatic carbocycles. The second-order valence-electron chi connectivity index (χ2n) is 9.39. The second-order valence-corrected chi connectivity index (χ2v) is 9.39. The van der Waals surface area contributed by atoms with Crippen molar-refractivity contribution in [2.24, 2.45) is 0 Å². The number of hydrogen-bond acceptors (Lipinski definition) is 6. The Morgan fingerprint density at radius 1 is 0.969 bits per heavy atom. The molecule has 2 fully saturated rings. The first kappa shape index (κ1) is 20.9. The number of aromatic nitrogens is 3. The van der Waals surface area contributed by atoms with E-state index in [0.717, 1.165) is 41.8 Å². The van der Waals surface area contributed by atoms with Crippen molar-refractivity contribution in [2.75, 3.05) is 23.3 Å². The summed E-state index contributed by atoms with van der Waals surface area (Å²) in [6.45, 7) is 10.9. The van der Waals surface area contributed by atoms with Crippen molar-refractivity contribution >= 4 is 11.8 Å². The van der Waals surface area contributed by atoms with E-state index in [1.807, 2.05) is 18.3 Å². The van der Waals surface area contributed by atoms with E-state index in [4.69, 9.17) is 9.97 Å². The first-order valence-electron chi connectivity index (χ1n) is 11.6.